The van der Waals surface area contributed by atoms with Gasteiger partial charge in [-0.1, -0.05) is 0 Å². The van der Waals surface area contributed by atoms with Crippen molar-refractivity contribution in [2.45, 2.75) is 6.10 Å². The van der Waals surface area contributed by atoms with Gasteiger partial charge in [-0.25, -0.2) is 0 Å². The summed E-state index contributed by atoms with van der Waals surface area (Å²) in [5, 5.41) is 25.9. The lowest BCUT2D eigenvalue weighted by atomic mass is 10.4. The molecule has 0 amide bonds. The first-order chi connectivity index (χ1) is 8.81. The molecule has 0 fully saturated rings. The van der Waals surface area contributed by atoms with Gasteiger partial charge < -0.3 is 34.3 Å². The van der Waals surface area contributed by atoms with Crippen LogP contribution >= 0.6 is 0 Å². The molecular weight excluding hydrogens is 244 g/mol. The number of hydrogen-bond donors (Lipinski definition) is 3. The Balaban J connectivity index is 2.94. The van der Waals surface area contributed by atoms with Crippen LogP contribution in [-0.4, -0.2) is 87.5 Å². The SMILES string of the molecule is OCCOCCOCCOCCOC[C@@H](O)CO. The van der Waals surface area contributed by atoms with Crippen LogP contribution in [0.1, 0.15) is 0 Å². The second-order valence-electron chi connectivity index (χ2n) is 3.47. The van der Waals surface area contributed by atoms with Gasteiger partial charge in [0.1, 0.15) is 6.10 Å². The quantitative estimate of drug-likeness (QED) is 0.326. The van der Waals surface area contributed by atoms with E-state index in [0.29, 0.717) is 46.2 Å². The molecule has 0 rings (SSSR count). The van der Waals surface area contributed by atoms with Gasteiger partial charge in [0.2, 0.25) is 0 Å². The van der Waals surface area contributed by atoms with Crippen LogP contribution in [0.15, 0.2) is 0 Å². The monoisotopic (exact) mass is 268 g/mol. The third-order valence-electron chi connectivity index (χ3n) is 1.87. The first kappa shape index (κ1) is 17.7. The summed E-state index contributed by atoms with van der Waals surface area (Å²) in [6.45, 7) is 2.83. The van der Waals surface area contributed by atoms with Crippen molar-refractivity contribution < 1.29 is 34.3 Å². The number of aliphatic hydroxyl groups is 3. The number of ether oxygens (including phenoxy) is 4. The van der Waals surface area contributed by atoms with E-state index in [9.17, 15) is 0 Å². The zero-order chi connectivity index (χ0) is 13.5. The average Bonchev–Trinajstić information content (AvgIpc) is 2.39. The highest BCUT2D eigenvalue weighted by atomic mass is 16.6. The maximum atomic E-state index is 8.96. The Kier molecular flexibility index (Phi) is 14.5. The minimum absolute atomic E-state index is 0.0219. The van der Waals surface area contributed by atoms with Crippen LogP contribution in [0.3, 0.4) is 0 Å². The van der Waals surface area contributed by atoms with Crippen molar-refractivity contribution in [3.8, 4) is 0 Å². The first-order valence-corrected chi connectivity index (χ1v) is 6.02. The molecule has 0 aromatic carbocycles. The fraction of sp³-hybridized carbons (Fsp3) is 1.00. The van der Waals surface area contributed by atoms with E-state index in [4.69, 9.17) is 34.3 Å². The van der Waals surface area contributed by atoms with Gasteiger partial charge >= 0.3 is 0 Å². The predicted octanol–water partition coefficient (Wildman–Crippen LogP) is -1.60. The largest absolute Gasteiger partial charge is 0.394 e. The van der Waals surface area contributed by atoms with Gasteiger partial charge in [-0.2, -0.15) is 0 Å². The Morgan fingerprint density at radius 3 is 1.56 bits per heavy atom. The van der Waals surface area contributed by atoms with Gasteiger partial charge in [0, 0.05) is 0 Å². The molecule has 0 radical (unpaired) electrons. The molecule has 0 spiro atoms. The Bertz CT molecular complexity index is 156. The van der Waals surface area contributed by atoms with Crippen molar-refractivity contribution in [3.63, 3.8) is 0 Å². The highest BCUT2D eigenvalue weighted by molar-refractivity contribution is 4.48. The molecular formula is C11H24O7. The van der Waals surface area contributed by atoms with Gasteiger partial charge in [0.15, 0.2) is 0 Å². The summed E-state index contributed by atoms with van der Waals surface area (Å²) >= 11 is 0. The topological polar surface area (TPSA) is 97.6 Å². The van der Waals surface area contributed by atoms with Crippen LogP contribution < -0.4 is 0 Å². The normalized spacial score (nSPS) is 12.8. The maximum Gasteiger partial charge on any atom is 0.100 e. The second-order valence-corrected chi connectivity index (χ2v) is 3.47. The van der Waals surface area contributed by atoms with E-state index in [1.165, 1.54) is 0 Å². The molecule has 0 aliphatic heterocycles. The third kappa shape index (κ3) is 13.8. The minimum Gasteiger partial charge on any atom is -0.394 e. The van der Waals surface area contributed by atoms with Crippen molar-refractivity contribution in [2.75, 3.05) is 66.1 Å². The molecule has 110 valence electrons. The molecule has 0 bridgehead atoms. The molecule has 1 atom stereocenters. The summed E-state index contributed by atoms with van der Waals surface area (Å²) in [6, 6.07) is 0. The molecule has 0 heterocycles. The van der Waals surface area contributed by atoms with E-state index in [1.54, 1.807) is 0 Å². The van der Waals surface area contributed by atoms with Crippen LogP contribution in [0.25, 0.3) is 0 Å². The molecule has 7 heteroatoms. The van der Waals surface area contributed by atoms with Crippen molar-refractivity contribution in [1.29, 1.82) is 0 Å². The van der Waals surface area contributed by atoms with Gasteiger partial charge in [-0.3, -0.25) is 0 Å². The average molecular weight is 268 g/mol. The summed E-state index contributed by atoms with van der Waals surface area (Å²) in [6.07, 6.45) is -0.827. The maximum absolute atomic E-state index is 8.96. The van der Waals surface area contributed by atoms with Crippen LogP contribution in [0.2, 0.25) is 0 Å². The van der Waals surface area contributed by atoms with E-state index in [1.807, 2.05) is 0 Å². The molecule has 0 saturated carbocycles. The van der Waals surface area contributed by atoms with E-state index < -0.39 is 6.10 Å². The first-order valence-electron chi connectivity index (χ1n) is 6.02. The smallest absolute Gasteiger partial charge is 0.100 e. The van der Waals surface area contributed by atoms with Gasteiger partial charge in [0.05, 0.1) is 66.1 Å². The van der Waals surface area contributed by atoms with Crippen LogP contribution in [-0.2, 0) is 18.9 Å². The Morgan fingerprint density at radius 1 is 0.667 bits per heavy atom. The van der Waals surface area contributed by atoms with E-state index in [2.05, 4.69) is 0 Å². The van der Waals surface area contributed by atoms with Crippen molar-refractivity contribution in [3.05, 3.63) is 0 Å². The zero-order valence-corrected chi connectivity index (χ0v) is 10.6. The molecule has 0 saturated heterocycles. The van der Waals surface area contributed by atoms with E-state index in [0.717, 1.165) is 0 Å². The molecule has 3 N–H and O–H groups in total. The lowest BCUT2D eigenvalue weighted by Crippen LogP contribution is -2.21. The molecule has 0 aliphatic carbocycles. The molecule has 0 aromatic rings. The lowest BCUT2D eigenvalue weighted by molar-refractivity contribution is -0.0275. The lowest BCUT2D eigenvalue weighted by Gasteiger charge is -2.09. The number of hydrogen-bond acceptors (Lipinski definition) is 7. The van der Waals surface area contributed by atoms with Gasteiger partial charge in [0.25, 0.3) is 0 Å². The van der Waals surface area contributed by atoms with Crippen molar-refractivity contribution in [1.82, 2.24) is 0 Å². The molecule has 0 aromatic heterocycles. The molecule has 0 aliphatic rings. The summed E-state index contributed by atoms with van der Waals surface area (Å²) in [4.78, 5) is 0. The predicted molar refractivity (Wildman–Crippen MR) is 63.5 cm³/mol. The second kappa shape index (κ2) is 14.8. The molecule has 7 nitrogen and oxygen atoms in total. The van der Waals surface area contributed by atoms with Crippen molar-refractivity contribution >= 4 is 0 Å². The summed E-state index contributed by atoms with van der Waals surface area (Å²) in [5.74, 6) is 0. The molecule has 0 unspecified atom stereocenters. The summed E-state index contributed by atoms with van der Waals surface area (Å²) in [5.41, 5.74) is 0. The Labute approximate surface area is 107 Å². The van der Waals surface area contributed by atoms with E-state index in [-0.39, 0.29) is 19.8 Å². The van der Waals surface area contributed by atoms with Crippen LogP contribution in [0, 0.1) is 0 Å². The fourth-order valence-electron chi connectivity index (χ4n) is 0.996. The Morgan fingerprint density at radius 2 is 1.11 bits per heavy atom. The third-order valence-corrected chi connectivity index (χ3v) is 1.87. The highest BCUT2D eigenvalue weighted by Crippen LogP contribution is 1.85. The van der Waals surface area contributed by atoms with Crippen LogP contribution in [0.4, 0.5) is 0 Å². The zero-order valence-electron chi connectivity index (χ0n) is 10.6. The minimum atomic E-state index is -0.827. The van der Waals surface area contributed by atoms with Gasteiger partial charge in [-0.05, 0) is 0 Å². The number of rotatable bonds is 14. The summed E-state index contributed by atoms with van der Waals surface area (Å²) < 4.78 is 20.4. The molecule has 18 heavy (non-hydrogen) atoms. The van der Waals surface area contributed by atoms with E-state index >= 15 is 0 Å². The van der Waals surface area contributed by atoms with Crippen molar-refractivity contribution in [2.24, 2.45) is 0 Å². The highest BCUT2D eigenvalue weighted by Gasteiger charge is 2.00. The van der Waals surface area contributed by atoms with Crippen LogP contribution in [0.5, 0.6) is 0 Å². The Hall–Kier alpha value is -0.280. The fourth-order valence-corrected chi connectivity index (χ4v) is 0.996. The van der Waals surface area contributed by atoms with Gasteiger partial charge in [-0.15, -0.1) is 0 Å². The standard InChI is InChI=1S/C11H24O7/c12-1-2-15-3-4-16-5-6-17-7-8-18-10-11(14)9-13/h11-14H,1-10H2/t11-/m0/s1. The number of aliphatic hydroxyl groups excluding tert-OH is 3. The summed E-state index contributed by atoms with van der Waals surface area (Å²) in [7, 11) is 0.